The number of carbonyl (C=O) groups excluding carboxylic acids is 2. The van der Waals surface area contributed by atoms with Crippen LogP contribution in [0.3, 0.4) is 0 Å². The van der Waals surface area contributed by atoms with E-state index in [4.69, 9.17) is 0 Å². The standard InChI is InChI=1S/C13H26N4O2/c1-4-6-13(7-5-8-16-13)11(18)14-9-10-15-12(19)17(2)3/h16H,4-10H2,1-3H3,(H,14,18)(H,15,19). The highest BCUT2D eigenvalue weighted by molar-refractivity contribution is 5.86. The lowest BCUT2D eigenvalue weighted by molar-refractivity contribution is -0.127. The average Bonchev–Trinajstić information content (AvgIpc) is 2.84. The summed E-state index contributed by atoms with van der Waals surface area (Å²) in [5, 5.41) is 8.97. The van der Waals surface area contributed by atoms with E-state index < -0.39 is 0 Å². The van der Waals surface area contributed by atoms with E-state index in [2.05, 4.69) is 22.9 Å². The quantitative estimate of drug-likeness (QED) is 0.608. The molecule has 1 fully saturated rings. The van der Waals surface area contributed by atoms with Crippen molar-refractivity contribution in [2.24, 2.45) is 0 Å². The largest absolute Gasteiger partial charge is 0.353 e. The van der Waals surface area contributed by atoms with E-state index in [-0.39, 0.29) is 17.5 Å². The number of hydrogen-bond acceptors (Lipinski definition) is 3. The monoisotopic (exact) mass is 270 g/mol. The van der Waals surface area contributed by atoms with Gasteiger partial charge in [-0.3, -0.25) is 4.79 Å². The van der Waals surface area contributed by atoms with Gasteiger partial charge in [-0.25, -0.2) is 4.79 Å². The molecule has 0 saturated carbocycles. The first kappa shape index (κ1) is 15.8. The molecule has 0 aliphatic carbocycles. The maximum absolute atomic E-state index is 12.2. The molecule has 0 bridgehead atoms. The van der Waals surface area contributed by atoms with Crippen LogP contribution in [0.1, 0.15) is 32.6 Å². The number of nitrogens with zero attached hydrogens (tertiary/aromatic N) is 1. The van der Waals surface area contributed by atoms with Crippen molar-refractivity contribution >= 4 is 11.9 Å². The Morgan fingerprint density at radius 3 is 2.47 bits per heavy atom. The molecule has 6 heteroatoms. The molecule has 1 unspecified atom stereocenters. The summed E-state index contributed by atoms with van der Waals surface area (Å²) < 4.78 is 0. The number of urea groups is 1. The average molecular weight is 270 g/mol. The van der Waals surface area contributed by atoms with Crippen LogP contribution in [0.2, 0.25) is 0 Å². The number of carbonyl (C=O) groups is 2. The Morgan fingerprint density at radius 2 is 1.95 bits per heavy atom. The van der Waals surface area contributed by atoms with Crippen molar-refractivity contribution in [3.63, 3.8) is 0 Å². The van der Waals surface area contributed by atoms with E-state index in [0.717, 1.165) is 32.2 Å². The summed E-state index contributed by atoms with van der Waals surface area (Å²) >= 11 is 0. The van der Waals surface area contributed by atoms with Crippen LogP contribution in [0.4, 0.5) is 4.79 Å². The zero-order valence-corrected chi connectivity index (χ0v) is 12.2. The Labute approximate surface area is 115 Å². The third-order valence-corrected chi connectivity index (χ3v) is 3.45. The normalized spacial score (nSPS) is 22.1. The fraction of sp³-hybridized carbons (Fsp3) is 0.846. The molecule has 0 spiro atoms. The van der Waals surface area contributed by atoms with Gasteiger partial charge in [0.15, 0.2) is 0 Å². The van der Waals surface area contributed by atoms with E-state index in [0.29, 0.717) is 13.1 Å². The first-order valence-corrected chi connectivity index (χ1v) is 7.00. The van der Waals surface area contributed by atoms with Crippen molar-refractivity contribution in [1.29, 1.82) is 0 Å². The van der Waals surface area contributed by atoms with Crippen molar-refractivity contribution < 1.29 is 9.59 Å². The lowest BCUT2D eigenvalue weighted by atomic mass is 9.91. The van der Waals surface area contributed by atoms with Crippen molar-refractivity contribution in [3.8, 4) is 0 Å². The van der Waals surface area contributed by atoms with Gasteiger partial charge in [-0.05, 0) is 25.8 Å². The molecular formula is C13H26N4O2. The first-order chi connectivity index (χ1) is 9.02. The van der Waals surface area contributed by atoms with Gasteiger partial charge < -0.3 is 20.9 Å². The van der Waals surface area contributed by atoms with Crippen LogP contribution in [0.15, 0.2) is 0 Å². The van der Waals surface area contributed by atoms with Gasteiger partial charge in [0.1, 0.15) is 0 Å². The van der Waals surface area contributed by atoms with Gasteiger partial charge in [-0.15, -0.1) is 0 Å². The van der Waals surface area contributed by atoms with Crippen LogP contribution in [0.5, 0.6) is 0 Å². The topological polar surface area (TPSA) is 73.5 Å². The molecule has 3 amide bonds. The van der Waals surface area contributed by atoms with E-state index in [9.17, 15) is 9.59 Å². The van der Waals surface area contributed by atoms with Gasteiger partial charge in [-0.2, -0.15) is 0 Å². The van der Waals surface area contributed by atoms with Crippen LogP contribution in [0, 0.1) is 0 Å². The maximum atomic E-state index is 12.2. The molecule has 19 heavy (non-hydrogen) atoms. The summed E-state index contributed by atoms with van der Waals surface area (Å²) in [6, 6.07) is -0.142. The van der Waals surface area contributed by atoms with Gasteiger partial charge in [0.25, 0.3) is 0 Å². The second-order valence-electron chi connectivity index (χ2n) is 5.24. The van der Waals surface area contributed by atoms with Crippen molar-refractivity contribution in [1.82, 2.24) is 20.9 Å². The van der Waals surface area contributed by atoms with E-state index >= 15 is 0 Å². The van der Waals surface area contributed by atoms with Gasteiger partial charge in [0.2, 0.25) is 5.91 Å². The predicted molar refractivity (Wildman–Crippen MR) is 75.0 cm³/mol. The minimum atomic E-state index is -0.389. The Bertz CT molecular complexity index is 312. The second kappa shape index (κ2) is 7.33. The lowest BCUT2D eigenvalue weighted by Crippen LogP contribution is -2.54. The summed E-state index contributed by atoms with van der Waals surface area (Å²) in [6.45, 7) is 3.91. The van der Waals surface area contributed by atoms with Crippen molar-refractivity contribution in [2.45, 2.75) is 38.1 Å². The number of hydrogen-bond donors (Lipinski definition) is 3. The van der Waals surface area contributed by atoms with Gasteiger partial charge in [0.05, 0.1) is 5.54 Å². The zero-order chi connectivity index (χ0) is 14.3. The smallest absolute Gasteiger partial charge is 0.316 e. The summed E-state index contributed by atoms with van der Waals surface area (Å²) in [7, 11) is 3.37. The molecule has 1 aliphatic rings. The Kier molecular flexibility index (Phi) is 6.08. The fourth-order valence-corrected chi connectivity index (χ4v) is 2.43. The third kappa shape index (κ3) is 4.38. The molecule has 1 heterocycles. The Hall–Kier alpha value is -1.30. The molecule has 110 valence electrons. The highest BCUT2D eigenvalue weighted by Crippen LogP contribution is 2.24. The van der Waals surface area contributed by atoms with Gasteiger partial charge in [0, 0.05) is 27.2 Å². The van der Waals surface area contributed by atoms with Crippen LogP contribution in [-0.2, 0) is 4.79 Å². The molecule has 3 N–H and O–H groups in total. The highest BCUT2D eigenvalue weighted by Gasteiger charge is 2.39. The molecule has 1 atom stereocenters. The molecule has 0 aromatic heterocycles. The molecular weight excluding hydrogens is 244 g/mol. The molecule has 0 radical (unpaired) electrons. The van der Waals surface area contributed by atoms with E-state index in [1.54, 1.807) is 14.1 Å². The molecule has 0 aromatic carbocycles. The van der Waals surface area contributed by atoms with Crippen LogP contribution < -0.4 is 16.0 Å². The minimum absolute atomic E-state index is 0.0611. The molecule has 1 aliphatic heterocycles. The molecule has 1 saturated heterocycles. The summed E-state index contributed by atoms with van der Waals surface area (Å²) in [4.78, 5) is 25.0. The zero-order valence-electron chi connectivity index (χ0n) is 12.2. The predicted octanol–water partition coefficient (Wildman–Crippen LogP) is 0.296. The van der Waals surface area contributed by atoms with Crippen LogP contribution in [-0.4, -0.2) is 56.1 Å². The first-order valence-electron chi connectivity index (χ1n) is 7.00. The molecule has 1 rings (SSSR count). The Morgan fingerprint density at radius 1 is 1.26 bits per heavy atom. The van der Waals surface area contributed by atoms with Crippen LogP contribution >= 0.6 is 0 Å². The lowest BCUT2D eigenvalue weighted by Gasteiger charge is -2.27. The minimum Gasteiger partial charge on any atom is -0.353 e. The summed E-state index contributed by atoms with van der Waals surface area (Å²) in [5.41, 5.74) is -0.389. The van der Waals surface area contributed by atoms with E-state index in [1.165, 1.54) is 4.90 Å². The summed E-state index contributed by atoms with van der Waals surface area (Å²) in [6.07, 6.45) is 3.79. The van der Waals surface area contributed by atoms with Crippen molar-refractivity contribution in [2.75, 3.05) is 33.7 Å². The number of nitrogens with one attached hydrogen (secondary N) is 3. The Balaban J connectivity index is 2.31. The SMILES string of the molecule is CCCC1(C(=O)NCCNC(=O)N(C)C)CCCN1. The third-order valence-electron chi connectivity index (χ3n) is 3.45. The number of rotatable bonds is 6. The van der Waals surface area contributed by atoms with E-state index in [1.807, 2.05) is 0 Å². The van der Waals surface area contributed by atoms with Gasteiger partial charge in [-0.1, -0.05) is 13.3 Å². The maximum Gasteiger partial charge on any atom is 0.316 e. The number of amides is 3. The second-order valence-corrected chi connectivity index (χ2v) is 5.24. The van der Waals surface area contributed by atoms with Gasteiger partial charge >= 0.3 is 6.03 Å². The van der Waals surface area contributed by atoms with Crippen LogP contribution in [0.25, 0.3) is 0 Å². The molecule has 0 aromatic rings. The summed E-state index contributed by atoms with van der Waals surface area (Å²) in [5.74, 6) is 0.0611. The van der Waals surface area contributed by atoms with Crippen molar-refractivity contribution in [3.05, 3.63) is 0 Å². The fourth-order valence-electron chi connectivity index (χ4n) is 2.43. The highest BCUT2D eigenvalue weighted by atomic mass is 16.2. The molecule has 6 nitrogen and oxygen atoms in total.